The summed E-state index contributed by atoms with van der Waals surface area (Å²) in [4.78, 5) is 87.4. The highest BCUT2D eigenvalue weighted by molar-refractivity contribution is 5.77. The van der Waals surface area contributed by atoms with Crippen molar-refractivity contribution in [1.82, 2.24) is 71.9 Å². The number of nitrogens with one attached hydrogen (secondary N) is 8. The zero-order valence-electron chi connectivity index (χ0n) is 43.1. The van der Waals surface area contributed by atoms with Gasteiger partial charge in [0.25, 0.3) is 0 Å². The summed E-state index contributed by atoms with van der Waals surface area (Å²) in [5.74, 6) is 7.00. The van der Waals surface area contributed by atoms with Crippen LogP contribution in [0.25, 0.3) is 0 Å². The normalized spacial score (nSPS) is 10.2. The Kier molecular flexibility index (Phi) is 29.0. The van der Waals surface area contributed by atoms with Crippen LogP contribution in [0.15, 0.2) is 36.4 Å². The van der Waals surface area contributed by atoms with Crippen molar-refractivity contribution in [2.45, 2.75) is 13.1 Å². The smallest absolute Gasteiger partial charge is 0.317 e. The van der Waals surface area contributed by atoms with Gasteiger partial charge in [0, 0.05) is 143 Å². The zero-order valence-corrected chi connectivity index (χ0v) is 43.1. The number of carbonyl (C=O) groups is 6. The van der Waals surface area contributed by atoms with E-state index in [1.807, 2.05) is 0 Å². The third-order valence-electron chi connectivity index (χ3n) is 10.8. The summed E-state index contributed by atoms with van der Waals surface area (Å²) in [6.45, 7) is 4.25. The Labute approximate surface area is 424 Å². The molecule has 2 aromatic carbocycles. The van der Waals surface area contributed by atoms with Crippen LogP contribution in [-0.2, 0) is 13.1 Å². The van der Waals surface area contributed by atoms with Crippen LogP contribution in [0.2, 0.25) is 0 Å². The molecule has 0 saturated heterocycles. The van der Waals surface area contributed by atoms with E-state index in [1.165, 1.54) is 57.8 Å². The molecule has 398 valence electrons. The average Bonchev–Trinajstić information content (AvgIpc) is 3.38. The summed E-state index contributed by atoms with van der Waals surface area (Å²) in [5.41, 5.74) is 1.33. The first kappa shape index (κ1) is 60.4. The second-order valence-corrected chi connectivity index (χ2v) is 16.0. The van der Waals surface area contributed by atoms with Crippen molar-refractivity contribution in [2.75, 3.05) is 161 Å². The summed E-state index contributed by atoms with van der Waals surface area (Å²) < 4.78 is 22.1. The molecule has 2 rings (SSSR count). The van der Waals surface area contributed by atoms with E-state index in [-0.39, 0.29) is 90.6 Å². The number of hydrogen-bond acceptors (Lipinski definition) is 12. The average molecular weight is 1010 g/mol. The molecule has 0 aliphatic rings. The van der Waals surface area contributed by atoms with E-state index in [9.17, 15) is 28.8 Å². The molecule has 0 atom stereocenters. The molecular weight excluding hydrogens is 933 g/mol. The maximum Gasteiger partial charge on any atom is 0.317 e. The van der Waals surface area contributed by atoms with Gasteiger partial charge in [-0.15, -0.1) is 12.8 Å². The Morgan fingerprint density at radius 1 is 0.431 bits per heavy atom. The van der Waals surface area contributed by atoms with Crippen molar-refractivity contribution < 1.29 is 47.7 Å². The van der Waals surface area contributed by atoms with Gasteiger partial charge in [0.15, 0.2) is 0 Å². The van der Waals surface area contributed by atoms with E-state index in [4.69, 9.17) is 31.8 Å². The van der Waals surface area contributed by atoms with E-state index in [2.05, 4.69) is 54.4 Å². The molecule has 0 spiro atoms. The maximum absolute atomic E-state index is 14.0. The minimum Gasteiger partial charge on any atom is -0.497 e. The molecule has 24 heteroatoms. The van der Waals surface area contributed by atoms with E-state index in [0.717, 1.165) is 0 Å². The third-order valence-corrected chi connectivity index (χ3v) is 10.8. The molecule has 24 nitrogen and oxygen atoms in total. The van der Waals surface area contributed by atoms with Crippen LogP contribution in [-0.4, -0.2) is 227 Å². The van der Waals surface area contributed by atoms with Crippen LogP contribution in [0.3, 0.4) is 0 Å². The van der Waals surface area contributed by atoms with Crippen LogP contribution in [0.5, 0.6) is 23.0 Å². The first-order chi connectivity index (χ1) is 34.6. The lowest BCUT2D eigenvalue weighted by Crippen LogP contribution is -2.49. The Hall–Kier alpha value is -7.70. The highest BCUT2D eigenvalue weighted by Gasteiger charge is 2.23. The minimum absolute atomic E-state index is 0.0448. The van der Waals surface area contributed by atoms with Gasteiger partial charge in [0.2, 0.25) is 0 Å². The number of methoxy groups -OCH3 is 4. The van der Waals surface area contributed by atoms with Crippen molar-refractivity contribution in [2.24, 2.45) is 0 Å². The van der Waals surface area contributed by atoms with Crippen molar-refractivity contribution >= 4 is 36.2 Å². The van der Waals surface area contributed by atoms with Gasteiger partial charge in [0.05, 0.1) is 54.6 Å². The van der Waals surface area contributed by atoms with Gasteiger partial charge in [-0.25, -0.2) is 28.8 Å². The lowest BCUT2D eigenvalue weighted by Gasteiger charge is -2.30. The molecule has 0 aliphatic heterocycles. The number of carbonyl (C=O) groups excluding carboxylic acids is 6. The van der Waals surface area contributed by atoms with Gasteiger partial charge >= 0.3 is 36.2 Å². The number of rotatable bonds is 31. The molecular formula is C48H76N14O10. The number of amides is 12. The van der Waals surface area contributed by atoms with Gasteiger partial charge in [0.1, 0.15) is 23.0 Å². The monoisotopic (exact) mass is 1010 g/mol. The third kappa shape index (κ3) is 22.8. The molecule has 12 amide bonds. The van der Waals surface area contributed by atoms with Crippen molar-refractivity contribution in [3.63, 3.8) is 0 Å². The predicted molar refractivity (Wildman–Crippen MR) is 274 cm³/mol. The first-order valence-corrected chi connectivity index (χ1v) is 23.3. The van der Waals surface area contributed by atoms with Crippen molar-refractivity contribution in [1.29, 1.82) is 0 Å². The lowest BCUT2D eigenvalue weighted by molar-refractivity contribution is 0.168. The Morgan fingerprint density at radius 2 is 0.736 bits per heavy atom. The molecule has 0 radical (unpaired) electrons. The summed E-state index contributed by atoms with van der Waals surface area (Å²) in [7, 11) is 12.5. The van der Waals surface area contributed by atoms with E-state index < -0.39 is 24.1 Å². The van der Waals surface area contributed by atoms with Crippen molar-refractivity contribution in [3.8, 4) is 47.7 Å². The summed E-state index contributed by atoms with van der Waals surface area (Å²) in [5, 5.41) is 22.9. The molecule has 0 aromatic heterocycles. The standard InChI is InChI=1S/C48H76N14O10/c1-11-17-49-19-21-51-43(63)57(3)27-23-53-45(65)59(5)29-25-55-47(67)61(35-37-13-15-39(69-7)33-41(37)71-9)31-32-62(36-38-14-16-40(70-8)34-42(38)72-10)48(68)56-26-30-60(6)46(66)54-24-28-58(4)44(64)52-22-20-50-18-12-2/h1-2,13-16,33-34,49-50H,17-32,35-36H2,3-10H3,(H,51,63)(H,52,64)(H,53,65)(H,54,66)(H,55,67)(H,56,68). The number of terminal acetylenes is 2. The number of likely N-dealkylation sites (N-methyl/N-ethyl adjacent to an activating group) is 4. The zero-order chi connectivity index (χ0) is 53.3. The first-order valence-electron chi connectivity index (χ1n) is 23.3. The fourth-order valence-electron chi connectivity index (χ4n) is 6.45. The van der Waals surface area contributed by atoms with Crippen molar-refractivity contribution in [3.05, 3.63) is 47.5 Å². The molecule has 72 heavy (non-hydrogen) atoms. The molecule has 8 N–H and O–H groups in total. The SMILES string of the molecule is C#CCNCCNC(=O)N(C)CCNC(=O)N(C)CCNC(=O)N(CCN(Cc1ccc(OC)cc1OC)C(=O)NCCN(C)C(=O)NCCN(C)C(=O)NCCNCC#C)Cc1ccc(OC)cc1OC. The van der Waals surface area contributed by atoms with Gasteiger partial charge in [-0.2, -0.15) is 0 Å². The summed E-state index contributed by atoms with van der Waals surface area (Å²) in [6, 6.07) is 8.15. The van der Waals surface area contributed by atoms with Crippen LogP contribution in [0.1, 0.15) is 11.1 Å². The topological polar surface area (TPSA) is 255 Å². The van der Waals surface area contributed by atoms with Gasteiger partial charge in [-0.1, -0.05) is 11.8 Å². The largest absolute Gasteiger partial charge is 0.497 e. The second kappa shape index (κ2) is 34.6. The number of hydrogen-bond donors (Lipinski definition) is 8. The highest BCUT2D eigenvalue weighted by atomic mass is 16.5. The quantitative estimate of drug-likeness (QED) is 0.0379. The van der Waals surface area contributed by atoms with E-state index in [1.54, 1.807) is 64.6 Å². The molecule has 0 aliphatic carbocycles. The lowest BCUT2D eigenvalue weighted by atomic mass is 10.1. The van der Waals surface area contributed by atoms with E-state index in [0.29, 0.717) is 73.4 Å². The fraction of sp³-hybridized carbons (Fsp3) is 0.542. The Bertz CT molecular complexity index is 1960. The Balaban J connectivity index is 2.15. The molecule has 0 fully saturated rings. The van der Waals surface area contributed by atoms with Crippen LogP contribution >= 0.6 is 0 Å². The molecule has 0 heterocycles. The predicted octanol–water partition coefficient (Wildman–Crippen LogP) is 0.456. The van der Waals surface area contributed by atoms with Gasteiger partial charge < -0.3 is 90.9 Å². The number of benzene rings is 2. The molecule has 0 saturated carbocycles. The van der Waals surface area contributed by atoms with E-state index >= 15 is 0 Å². The summed E-state index contributed by atoms with van der Waals surface area (Å²) in [6.07, 6.45) is 10.4. The fourth-order valence-corrected chi connectivity index (χ4v) is 6.45. The molecule has 0 unspecified atom stereocenters. The second-order valence-electron chi connectivity index (χ2n) is 16.0. The highest BCUT2D eigenvalue weighted by Crippen LogP contribution is 2.27. The summed E-state index contributed by atoms with van der Waals surface area (Å²) >= 11 is 0. The molecule has 0 bridgehead atoms. The number of urea groups is 6. The van der Waals surface area contributed by atoms with Crippen LogP contribution < -0.4 is 61.5 Å². The van der Waals surface area contributed by atoms with Crippen LogP contribution in [0.4, 0.5) is 28.8 Å². The van der Waals surface area contributed by atoms with Crippen LogP contribution in [0, 0.1) is 24.7 Å². The Morgan fingerprint density at radius 3 is 1.03 bits per heavy atom. The number of ether oxygens (including phenoxy) is 4. The van der Waals surface area contributed by atoms with Gasteiger partial charge in [-0.05, 0) is 24.3 Å². The molecule has 2 aromatic rings. The minimum atomic E-state index is -0.473. The maximum atomic E-state index is 14.0. The van der Waals surface area contributed by atoms with Gasteiger partial charge in [-0.3, -0.25) is 0 Å². The number of nitrogens with zero attached hydrogens (tertiary/aromatic N) is 6.